The summed E-state index contributed by atoms with van der Waals surface area (Å²) < 4.78 is 5.96. The van der Waals surface area contributed by atoms with Crippen LogP contribution in [0.25, 0.3) is 0 Å². The van der Waals surface area contributed by atoms with Crippen LogP contribution in [-0.4, -0.2) is 37.7 Å². The standard InChI is InChI=1S/C17H26N2O/c1-19-11-3-2-6-15(19)9-12-20-16-8-7-14-5-4-10-18-17(14)13-16/h7-8,13,15,18H,2-6,9-12H2,1H3. The SMILES string of the molecule is CN1CCCCC1CCOc1ccc2c(c1)NCCC2. The third kappa shape index (κ3) is 3.26. The first-order chi connectivity index (χ1) is 9.83. The van der Waals surface area contributed by atoms with Gasteiger partial charge in [-0.15, -0.1) is 0 Å². The van der Waals surface area contributed by atoms with Crippen molar-refractivity contribution in [2.24, 2.45) is 0 Å². The summed E-state index contributed by atoms with van der Waals surface area (Å²) in [5.74, 6) is 1.01. The van der Waals surface area contributed by atoms with E-state index in [0.29, 0.717) is 6.04 Å². The second-order valence-electron chi connectivity index (χ2n) is 6.12. The Morgan fingerprint density at radius 2 is 2.25 bits per heavy atom. The lowest BCUT2D eigenvalue weighted by Gasteiger charge is -2.32. The number of piperidine rings is 1. The molecule has 0 spiro atoms. The number of fused-ring (bicyclic) bond motifs is 1. The van der Waals surface area contributed by atoms with Gasteiger partial charge >= 0.3 is 0 Å². The van der Waals surface area contributed by atoms with Gasteiger partial charge in [0.2, 0.25) is 0 Å². The van der Waals surface area contributed by atoms with E-state index in [-0.39, 0.29) is 0 Å². The van der Waals surface area contributed by atoms with Gasteiger partial charge in [0, 0.05) is 24.3 Å². The van der Waals surface area contributed by atoms with Gasteiger partial charge in [-0.3, -0.25) is 0 Å². The maximum atomic E-state index is 5.96. The van der Waals surface area contributed by atoms with Gasteiger partial charge in [-0.25, -0.2) is 0 Å². The van der Waals surface area contributed by atoms with Crippen LogP contribution in [0.2, 0.25) is 0 Å². The highest BCUT2D eigenvalue weighted by Crippen LogP contribution is 2.27. The monoisotopic (exact) mass is 274 g/mol. The molecule has 3 heteroatoms. The molecule has 0 radical (unpaired) electrons. The largest absolute Gasteiger partial charge is 0.493 e. The van der Waals surface area contributed by atoms with E-state index < -0.39 is 0 Å². The fourth-order valence-corrected chi connectivity index (χ4v) is 3.35. The molecule has 2 heterocycles. The summed E-state index contributed by atoms with van der Waals surface area (Å²) in [4.78, 5) is 2.49. The molecule has 0 bridgehead atoms. The van der Waals surface area contributed by atoms with Crippen molar-refractivity contribution in [2.75, 3.05) is 32.1 Å². The Bertz CT molecular complexity index is 447. The van der Waals surface area contributed by atoms with Crippen LogP contribution in [0, 0.1) is 0 Å². The molecular formula is C17H26N2O. The highest BCUT2D eigenvalue weighted by Gasteiger charge is 2.18. The van der Waals surface area contributed by atoms with Crippen molar-refractivity contribution >= 4 is 5.69 Å². The Hall–Kier alpha value is -1.22. The summed E-state index contributed by atoms with van der Waals surface area (Å²) in [6.07, 6.45) is 7.62. The lowest BCUT2D eigenvalue weighted by atomic mass is 10.0. The molecule has 2 aliphatic rings. The minimum absolute atomic E-state index is 0.708. The molecule has 2 aliphatic heterocycles. The zero-order valence-corrected chi connectivity index (χ0v) is 12.5. The molecule has 0 saturated carbocycles. The lowest BCUT2D eigenvalue weighted by Crippen LogP contribution is -2.37. The topological polar surface area (TPSA) is 24.5 Å². The van der Waals surface area contributed by atoms with E-state index in [2.05, 4.69) is 35.5 Å². The van der Waals surface area contributed by atoms with Crippen LogP contribution in [-0.2, 0) is 6.42 Å². The van der Waals surface area contributed by atoms with Crippen LogP contribution in [0.1, 0.15) is 37.7 Å². The molecule has 110 valence electrons. The molecule has 1 aromatic carbocycles. The van der Waals surface area contributed by atoms with Crippen molar-refractivity contribution in [3.05, 3.63) is 23.8 Å². The third-order valence-electron chi connectivity index (χ3n) is 4.66. The Labute approximate surface area is 122 Å². The van der Waals surface area contributed by atoms with Crippen LogP contribution >= 0.6 is 0 Å². The second kappa shape index (κ2) is 6.49. The van der Waals surface area contributed by atoms with E-state index in [0.717, 1.165) is 25.3 Å². The lowest BCUT2D eigenvalue weighted by molar-refractivity contribution is 0.153. The van der Waals surface area contributed by atoms with Crippen molar-refractivity contribution in [2.45, 2.75) is 44.6 Å². The number of nitrogens with zero attached hydrogens (tertiary/aromatic N) is 1. The number of ether oxygens (including phenoxy) is 1. The summed E-state index contributed by atoms with van der Waals surface area (Å²) >= 11 is 0. The number of rotatable bonds is 4. The fraction of sp³-hybridized carbons (Fsp3) is 0.647. The predicted molar refractivity (Wildman–Crippen MR) is 83.6 cm³/mol. The second-order valence-corrected chi connectivity index (χ2v) is 6.12. The normalized spacial score (nSPS) is 22.9. The highest BCUT2D eigenvalue weighted by molar-refractivity contribution is 5.56. The number of hydrogen-bond donors (Lipinski definition) is 1. The van der Waals surface area contributed by atoms with Crippen LogP contribution < -0.4 is 10.1 Å². The molecule has 1 N–H and O–H groups in total. The number of hydrogen-bond acceptors (Lipinski definition) is 3. The molecule has 20 heavy (non-hydrogen) atoms. The molecule has 1 aromatic rings. The summed E-state index contributed by atoms with van der Waals surface area (Å²) in [5.41, 5.74) is 2.69. The molecule has 1 atom stereocenters. The average molecular weight is 274 g/mol. The van der Waals surface area contributed by atoms with Gasteiger partial charge in [-0.2, -0.15) is 0 Å². The molecule has 0 amide bonds. The molecule has 1 unspecified atom stereocenters. The number of aryl methyl sites for hydroxylation is 1. The summed E-state index contributed by atoms with van der Waals surface area (Å²) in [7, 11) is 2.24. The van der Waals surface area contributed by atoms with Crippen LogP contribution in [0.15, 0.2) is 18.2 Å². The zero-order chi connectivity index (χ0) is 13.8. The Morgan fingerprint density at radius 1 is 1.30 bits per heavy atom. The minimum atomic E-state index is 0.708. The Balaban J connectivity index is 1.50. The van der Waals surface area contributed by atoms with Gasteiger partial charge in [-0.05, 0) is 57.3 Å². The first-order valence-corrected chi connectivity index (χ1v) is 8.03. The van der Waals surface area contributed by atoms with E-state index in [1.54, 1.807) is 0 Å². The zero-order valence-electron chi connectivity index (χ0n) is 12.5. The quantitative estimate of drug-likeness (QED) is 0.911. The van der Waals surface area contributed by atoms with E-state index >= 15 is 0 Å². The minimum Gasteiger partial charge on any atom is -0.493 e. The molecule has 3 rings (SSSR count). The summed E-state index contributed by atoms with van der Waals surface area (Å²) in [6.45, 7) is 3.16. The summed E-state index contributed by atoms with van der Waals surface area (Å²) in [6, 6.07) is 7.21. The summed E-state index contributed by atoms with van der Waals surface area (Å²) in [5, 5.41) is 3.46. The van der Waals surface area contributed by atoms with Crippen molar-refractivity contribution in [3.63, 3.8) is 0 Å². The third-order valence-corrected chi connectivity index (χ3v) is 4.66. The van der Waals surface area contributed by atoms with Gasteiger partial charge in [0.25, 0.3) is 0 Å². The maximum Gasteiger partial charge on any atom is 0.121 e. The first kappa shape index (κ1) is 13.7. The van der Waals surface area contributed by atoms with Gasteiger partial charge in [0.05, 0.1) is 6.61 Å². The van der Waals surface area contributed by atoms with Gasteiger partial charge in [0.1, 0.15) is 5.75 Å². The number of nitrogens with one attached hydrogen (secondary N) is 1. The van der Waals surface area contributed by atoms with Crippen LogP contribution in [0.3, 0.4) is 0 Å². The Morgan fingerprint density at radius 3 is 3.15 bits per heavy atom. The van der Waals surface area contributed by atoms with Gasteiger partial charge in [0.15, 0.2) is 0 Å². The van der Waals surface area contributed by atoms with E-state index in [4.69, 9.17) is 4.74 Å². The highest BCUT2D eigenvalue weighted by atomic mass is 16.5. The molecule has 1 fully saturated rings. The van der Waals surface area contributed by atoms with E-state index in [1.807, 2.05) is 0 Å². The van der Waals surface area contributed by atoms with Crippen molar-refractivity contribution < 1.29 is 4.74 Å². The number of likely N-dealkylation sites (tertiary alicyclic amines) is 1. The van der Waals surface area contributed by atoms with Crippen LogP contribution in [0.4, 0.5) is 5.69 Å². The van der Waals surface area contributed by atoms with Crippen molar-refractivity contribution in [3.8, 4) is 5.75 Å². The fourth-order valence-electron chi connectivity index (χ4n) is 3.35. The van der Waals surface area contributed by atoms with E-state index in [9.17, 15) is 0 Å². The Kier molecular flexibility index (Phi) is 4.46. The van der Waals surface area contributed by atoms with Gasteiger partial charge < -0.3 is 15.0 Å². The average Bonchev–Trinajstić information content (AvgIpc) is 2.49. The van der Waals surface area contributed by atoms with Crippen LogP contribution in [0.5, 0.6) is 5.75 Å². The number of anilines is 1. The number of benzene rings is 1. The first-order valence-electron chi connectivity index (χ1n) is 8.03. The van der Waals surface area contributed by atoms with Crippen molar-refractivity contribution in [1.82, 2.24) is 4.90 Å². The van der Waals surface area contributed by atoms with Crippen molar-refractivity contribution in [1.29, 1.82) is 0 Å². The molecule has 3 nitrogen and oxygen atoms in total. The smallest absolute Gasteiger partial charge is 0.121 e. The van der Waals surface area contributed by atoms with E-state index in [1.165, 1.54) is 49.9 Å². The molecule has 1 saturated heterocycles. The molecule has 0 aromatic heterocycles. The molecular weight excluding hydrogens is 248 g/mol. The van der Waals surface area contributed by atoms with Gasteiger partial charge in [-0.1, -0.05) is 12.5 Å². The predicted octanol–water partition coefficient (Wildman–Crippen LogP) is 3.30. The molecule has 0 aliphatic carbocycles. The maximum absolute atomic E-state index is 5.96.